The van der Waals surface area contributed by atoms with E-state index in [0.29, 0.717) is 6.54 Å². The highest BCUT2D eigenvalue weighted by Gasteiger charge is 2.40. The van der Waals surface area contributed by atoms with Gasteiger partial charge in [-0.25, -0.2) is 0 Å². The van der Waals surface area contributed by atoms with Crippen molar-refractivity contribution in [1.29, 1.82) is 0 Å². The van der Waals surface area contributed by atoms with Crippen LogP contribution in [0.4, 0.5) is 0 Å². The summed E-state index contributed by atoms with van der Waals surface area (Å²) >= 11 is 0. The lowest BCUT2D eigenvalue weighted by Gasteiger charge is -2.33. The molecule has 160 valence electrons. The highest BCUT2D eigenvalue weighted by atomic mass is 16.2. The van der Waals surface area contributed by atoms with Gasteiger partial charge < -0.3 is 4.90 Å². The molecule has 2 aliphatic rings. The van der Waals surface area contributed by atoms with E-state index in [1.54, 1.807) is 0 Å². The maximum absolute atomic E-state index is 13.6. The third-order valence-electron chi connectivity index (χ3n) is 6.92. The van der Waals surface area contributed by atoms with E-state index < -0.39 is 0 Å². The van der Waals surface area contributed by atoms with Crippen molar-refractivity contribution < 1.29 is 4.79 Å². The summed E-state index contributed by atoms with van der Waals surface area (Å²) in [6.07, 6.45) is 1.94. The van der Waals surface area contributed by atoms with E-state index in [4.69, 9.17) is 0 Å². The number of rotatable bonds is 4. The van der Waals surface area contributed by atoms with Gasteiger partial charge in [0, 0.05) is 12.1 Å². The van der Waals surface area contributed by atoms with Crippen molar-refractivity contribution in [3.8, 4) is 0 Å². The van der Waals surface area contributed by atoms with Crippen molar-refractivity contribution in [2.24, 2.45) is 0 Å². The van der Waals surface area contributed by atoms with Crippen LogP contribution in [0.5, 0.6) is 0 Å². The van der Waals surface area contributed by atoms with Gasteiger partial charge in [0.05, 0.1) is 6.04 Å². The van der Waals surface area contributed by atoms with Crippen LogP contribution in [-0.4, -0.2) is 10.8 Å². The van der Waals surface area contributed by atoms with Gasteiger partial charge in [0.1, 0.15) is 0 Å². The van der Waals surface area contributed by atoms with Crippen LogP contribution in [-0.2, 0) is 13.0 Å². The van der Waals surface area contributed by atoms with Gasteiger partial charge in [-0.05, 0) is 57.9 Å². The van der Waals surface area contributed by atoms with E-state index in [-0.39, 0.29) is 11.9 Å². The topological polar surface area (TPSA) is 20.3 Å². The molecule has 0 bridgehead atoms. The summed E-state index contributed by atoms with van der Waals surface area (Å²) in [5.41, 5.74) is 9.63. The smallest absolute Gasteiger partial charge is 0.255 e. The first-order chi connectivity index (χ1) is 16.3. The summed E-state index contributed by atoms with van der Waals surface area (Å²) in [5, 5.41) is 0. The Labute approximate surface area is 194 Å². The van der Waals surface area contributed by atoms with Crippen molar-refractivity contribution in [3.63, 3.8) is 0 Å². The lowest BCUT2D eigenvalue weighted by molar-refractivity contribution is 0.0731. The first-order valence-corrected chi connectivity index (χ1v) is 11.6. The molecule has 4 aromatic carbocycles. The normalized spacial score (nSPS) is 17.2. The molecule has 1 heterocycles. The molecule has 0 radical (unpaired) electrons. The minimum absolute atomic E-state index is 0.0579. The second kappa shape index (κ2) is 8.22. The molecular weight excluding hydrogens is 402 g/mol. The molecule has 33 heavy (non-hydrogen) atoms. The van der Waals surface area contributed by atoms with Gasteiger partial charge in [-0.3, -0.25) is 4.79 Å². The number of amides is 1. The second-order valence-corrected chi connectivity index (χ2v) is 8.83. The van der Waals surface area contributed by atoms with Crippen LogP contribution in [0.2, 0.25) is 0 Å². The van der Waals surface area contributed by atoms with Crippen LogP contribution < -0.4 is 0 Å². The zero-order valence-corrected chi connectivity index (χ0v) is 18.4. The predicted molar refractivity (Wildman–Crippen MR) is 133 cm³/mol. The lowest BCUT2D eigenvalue weighted by atomic mass is 9.78. The van der Waals surface area contributed by atoms with E-state index in [2.05, 4.69) is 83.8 Å². The number of nitrogens with zero attached hydrogens (tertiary/aromatic N) is 1. The van der Waals surface area contributed by atoms with Crippen LogP contribution in [0.15, 0.2) is 115 Å². The van der Waals surface area contributed by atoms with E-state index >= 15 is 0 Å². The van der Waals surface area contributed by atoms with Gasteiger partial charge in [0.2, 0.25) is 0 Å². The van der Waals surface area contributed by atoms with E-state index in [0.717, 1.165) is 29.5 Å². The summed E-state index contributed by atoms with van der Waals surface area (Å²) in [6, 6.07) is 37.8. The molecule has 0 spiro atoms. The van der Waals surface area contributed by atoms with Crippen molar-refractivity contribution in [3.05, 3.63) is 148 Å². The molecule has 2 nitrogen and oxygen atoms in total. The fraction of sp³-hybridized carbons (Fsp3) is 0.129. The summed E-state index contributed by atoms with van der Waals surface area (Å²) < 4.78 is 0. The predicted octanol–water partition coefficient (Wildman–Crippen LogP) is 6.83. The lowest BCUT2D eigenvalue weighted by Crippen LogP contribution is -2.30. The SMILES string of the molecule is O=C1c2ccccc2[C@H](C2=C(c3ccccc3)c3ccccc3CC2)N1Cc1ccccc1. The average molecular weight is 428 g/mol. The average Bonchev–Trinajstić information content (AvgIpc) is 3.16. The zero-order valence-electron chi connectivity index (χ0n) is 18.4. The number of benzene rings is 4. The first-order valence-electron chi connectivity index (χ1n) is 11.6. The number of carbonyl (C=O) groups is 1. The Hall–Kier alpha value is -3.91. The van der Waals surface area contributed by atoms with E-state index in [1.807, 2.05) is 30.3 Å². The minimum atomic E-state index is -0.0579. The van der Waals surface area contributed by atoms with Crippen LogP contribution in [0.25, 0.3) is 5.57 Å². The first kappa shape index (κ1) is 19.8. The van der Waals surface area contributed by atoms with Crippen LogP contribution in [0.1, 0.15) is 50.6 Å². The molecule has 1 aliphatic heterocycles. The van der Waals surface area contributed by atoms with Gasteiger partial charge >= 0.3 is 0 Å². The molecule has 1 atom stereocenters. The molecule has 1 amide bonds. The highest BCUT2D eigenvalue weighted by molar-refractivity contribution is 6.00. The number of fused-ring (bicyclic) bond motifs is 2. The zero-order chi connectivity index (χ0) is 22.2. The third-order valence-corrected chi connectivity index (χ3v) is 6.92. The Balaban J connectivity index is 1.58. The largest absolute Gasteiger partial charge is 0.323 e. The summed E-state index contributed by atoms with van der Waals surface area (Å²) in [6.45, 7) is 0.603. The molecular formula is C31H25NO. The highest BCUT2D eigenvalue weighted by Crippen LogP contribution is 2.47. The van der Waals surface area contributed by atoms with Crippen molar-refractivity contribution in [2.45, 2.75) is 25.4 Å². The molecule has 0 unspecified atom stereocenters. The molecule has 0 N–H and O–H groups in total. The maximum Gasteiger partial charge on any atom is 0.255 e. The Morgan fingerprint density at radius 1 is 0.667 bits per heavy atom. The quantitative estimate of drug-likeness (QED) is 0.349. The third kappa shape index (κ3) is 3.39. The van der Waals surface area contributed by atoms with Crippen LogP contribution >= 0.6 is 0 Å². The van der Waals surface area contributed by atoms with Crippen molar-refractivity contribution in [1.82, 2.24) is 4.90 Å². The van der Waals surface area contributed by atoms with E-state index in [1.165, 1.54) is 27.8 Å². The van der Waals surface area contributed by atoms with Gasteiger partial charge in [0.15, 0.2) is 0 Å². The Kier molecular flexibility index (Phi) is 4.92. The van der Waals surface area contributed by atoms with Gasteiger partial charge in [-0.2, -0.15) is 0 Å². The van der Waals surface area contributed by atoms with Crippen molar-refractivity contribution >= 4 is 11.5 Å². The Bertz CT molecular complexity index is 1350. The Morgan fingerprint density at radius 3 is 2.09 bits per heavy atom. The molecule has 0 saturated carbocycles. The van der Waals surface area contributed by atoms with Crippen LogP contribution in [0.3, 0.4) is 0 Å². The van der Waals surface area contributed by atoms with E-state index in [9.17, 15) is 4.79 Å². The van der Waals surface area contributed by atoms with Crippen LogP contribution in [0, 0.1) is 0 Å². The van der Waals surface area contributed by atoms with Gasteiger partial charge in [0.25, 0.3) is 5.91 Å². The summed E-state index contributed by atoms with van der Waals surface area (Å²) in [4.78, 5) is 15.7. The molecule has 1 aliphatic carbocycles. The maximum atomic E-state index is 13.6. The number of hydrogen-bond acceptors (Lipinski definition) is 1. The molecule has 0 fully saturated rings. The summed E-state index contributed by atoms with van der Waals surface area (Å²) in [5.74, 6) is 0.123. The number of carbonyl (C=O) groups excluding carboxylic acids is 1. The molecule has 0 aromatic heterocycles. The molecule has 2 heteroatoms. The molecule has 6 rings (SSSR count). The number of aryl methyl sites for hydroxylation is 1. The summed E-state index contributed by atoms with van der Waals surface area (Å²) in [7, 11) is 0. The second-order valence-electron chi connectivity index (χ2n) is 8.83. The van der Waals surface area contributed by atoms with Gasteiger partial charge in [-0.15, -0.1) is 0 Å². The van der Waals surface area contributed by atoms with Crippen molar-refractivity contribution in [2.75, 3.05) is 0 Å². The monoisotopic (exact) mass is 427 g/mol. The molecule has 4 aromatic rings. The Morgan fingerprint density at radius 2 is 1.30 bits per heavy atom. The van der Waals surface area contributed by atoms with Gasteiger partial charge in [-0.1, -0.05) is 103 Å². The molecule has 0 saturated heterocycles. The fourth-order valence-electron chi connectivity index (χ4n) is 5.46. The number of hydrogen-bond donors (Lipinski definition) is 0. The fourth-order valence-corrected chi connectivity index (χ4v) is 5.46. The minimum Gasteiger partial charge on any atom is -0.323 e. The standard InChI is InChI=1S/C31H25NO/c33-31-27-18-10-9-17-26(27)30(32(31)21-22-11-3-1-4-12-22)28-20-19-23-13-7-8-16-25(23)29(28)24-14-5-2-6-15-24/h1-18,30H,19-21H2/t30-/m1/s1.